The number of fused-ring (bicyclic) bond motifs is 1. The van der Waals surface area contributed by atoms with Crippen molar-refractivity contribution >= 4 is 33.7 Å². The molecule has 4 nitrogen and oxygen atoms in total. The molecule has 0 atom stereocenters. The minimum atomic E-state index is 0.606. The maximum absolute atomic E-state index is 10.3. The molecule has 1 aromatic carbocycles. The molecule has 0 radical (unpaired) electrons. The lowest BCUT2D eigenvalue weighted by Gasteiger charge is -2.00. The number of thiazole rings is 1. The molecular weight excluding hydrogens is 246 g/mol. The van der Waals surface area contributed by atoms with E-state index in [0.29, 0.717) is 11.5 Å². The summed E-state index contributed by atoms with van der Waals surface area (Å²) in [5.41, 5.74) is 1.09. The Bertz CT molecular complexity index is 708. The van der Waals surface area contributed by atoms with Crippen molar-refractivity contribution in [2.24, 2.45) is 0 Å². The van der Waals surface area contributed by atoms with E-state index in [1.807, 2.05) is 24.4 Å². The van der Waals surface area contributed by atoms with Gasteiger partial charge in [-0.1, -0.05) is 23.5 Å². The van der Waals surface area contributed by atoms with Crippen LogP contribution in [0.3, 0.4) is 0 Å². The molecule has 3 rings (SSSR count). The number of rotatable bonds is 3. The second-order valence-electron chi connectivity index (χ2n) is 3.73. The molecule has 0 aliphatic rings. The molecule has 5 heteroatoms. The number of benzene rings is 1. The number of pyridine rings is 1. The molecule has 0 saturated carbocycles. The standard InChI is InChI=1S/C13H9N3OS/c17-8-16-13-15-7-12(18-13)10-1-2-11-6-14-4-3-9(11)5-10/h1-8H,(H,15,16,17). The minimum absolute atomic E-state index is 0.606. The Morgan fingerprint density at radius 3 is 3.00 bits per heavy atom. The van der Waals surface area contributed by atoms with Crippen molar-refractivity contribution in [3.63, 3.8) is 0 Å². The highest BCUT2D eigenvalue weighted by Crippen LogP contribution is 2.30. The highest BCUT2D eigenvalue weighted by Gasteiger charge is 2.04. The van der Waals surface area contributed by atoms with Gasteiger partial charge in [0.1, 0.15) is 0 Å². The predicted octanol–water partition coefficient (Wildman–Crippen LogP) is 2.93. The smallest absolute Gasteiger partial charge is 0.213 e. The van der Waals surface area contributed by atoms with Gasteiger partial charge >= 0.3 is 0 Å². The number of anilines is 1. The Labute approximate surface area is 107 Å². The third-order valence-corrected chi connectivity index (χ3v) is 3.59. The molecule has 2 heterocycles. The summed E-state index contributed by atoms with van der Waals surface area (Å²) in [7, 11) is 0. The quantitative estimate of drug-likeness (QED) is 0.732. The van der Waals surface area contributed by atoms with Crippen LogP contribution in [0.5, 0.6) is 0 Å². The summed E-state index contributed by atoms with van der Waals surface area (Å²) in [6, 6.07) is 8.13. The van der Waals surface area contributed by atoms with Crippen molar-refractivity contribution in [3.05, 3.63) is 42.9 Å². The number of hydrogen-bond acceptors (Lipinski definition) is 4. The fraction of sp³-hybridized carbons (Fsp3) is 0. The van der Waals surface area contributed by atoms with Gasteiger partial charge < -0.3 is 5.32 Å². The Balaban J connectivity index is 2.04. The molecule has 0 aliphatic heterocycles. The van der Waals surface area contributed by atoms with Gasteiger partial charge in [0.15, 0.2) is 5.13 Å². The van der Waals surface area contributed by atoms with E-state index in [0.717, 1.165) is 21.2 Å². The van der Waals surface area contributed by atoms with E-state index in [1.54, 1.807) is 12.4 Å². The molecule has 0 aliphatic carbocycles. The van der Waals surface area contributed by atoms with Gasteiger partial charge in [0.25, 0.3) is 0 Å². The van der Waals surface area contributed by atoms with Crippen LogP contribution in [0.25, 0.3) is 21.2 Å². The highest BCUT2D eigenvalue weighted by molar-refractivity contribution is 7.19. The molecule has 0 fully saturated rings. The van der Waals surface area contributed by atoms with E-state index in [-0.39, 0.29) is 0 Å². The fourth-order valence-electron chi connectivity index (χ4n) is 1.76. The van der Waals surface area contributed by atoms with Crippen molar-refractivity contribution in [2.45, 2.75) is 0 Å². The first-order valence-corrected chi connectivity index (χ1v) is 6.18. The van der Waals surface area contributed by atoms with Crippen LogP contribution in [-0.4, -0.2) is 16.4 Å². The van der Waals surface area contributed by atoms with Gasteiger partial charge in [0, 0.05) is 24.0 Å². The minimum Gasteiger partial charge on any atom is -0.305 e. The topological polar surface area (TPSA) is 54.9 Å². The zero-order chi connectivity index (χ0) is 12.4. The van der Waals surface area contributed by atoms with Crippen molar-refractivity contribution in [1.29, 1.82) is 0 Å². The van der Waals surface area contributed by atoms with E-state index in [1.165, 1.54) is 11.3 Å². The molecule has 2 aromatic heterocycles. The number of hydrogen-bond donors (Lipinski definition) is 1. The van der Waals surface area contributed by atoms with Crippen molar-refractivity contribution in [3.8, 4) is 10.4 Å². The zero-order valence-electron chi connectivity index (χ0n) is 9.33. The molecular formula is C13H9N3OS. The summed E-state index contributed by atoms with van der Waals surface area (Å²) in [5, 5.41) is 5.41. The normalized spacial score (nSPS) is 10.4. The van der Waals surface area contributed by atoms with Crippen LogP contribution in [0.2, 0.25) is 0 Å². The van der Waals surface area contributed by atoms with Crippen LogP contribution in [0.1, 0.15) is 0 Å². The number of carbonyl (C=O) groups excluding carboxylic acids is 1. The van der Waals surface area contributed by atoms with E-state index in [4.69, 9.17) is 0 Å². The Morgan fingerprint density at radius 1 is 1.17 bits per heavy atom. The maximum atomic E-state index is 10.3. The van der Waals surface area contributed by atoms with Crippen LogP contribution in [-0.2, 0) is 4.79 Å². The summed E-state index contributed by atoms with van der Waals surface area (Å²) in [4.78, 5) is 19.6. The van der Waals surface area contributed by atoms with Crippen molar-refractivity contribution in [1.82, 2.24) is 9.97 Å². The third kappa shape index (κ3) is 1.96. The summed E-state index contributed by atoms with van der Waals surface area (Å²) in [6.45, 7) is 0. The Hall–Kier alpha value is -2.27. The van der Waals surface area contributed by atoms with Gasteiger partial charge in [0.05, 0.1) is 4.88 Å². The summed E-state index contributed by atoms with van der Waals surface area (Å²) in [5.74, 6) is 0. The molecule has 18 heavy (non-hydrogen) atoms. The number of amides is 1. The van der Waals surface area contributed by atoms with Crippen LogP contribution < -0.4 is 5.32 Å². The number of nitrogens with zero attached hydrogens (tertiary/aromatic N) is 2. The zero-order valence-corrected chi connectivity index (χ0v) is 10.1. The molecule has 1 N–H and O–H groups in total. The molecule has 1 amide bonds. The van der Waals surface area contributed by atoms with Gasteiger partial charge in [-0.15, -0.1) is 0 Å². The summed E-state index contributed by atoms with van der Waals surface area (Å²) < 4.78 is 0. The lowest BCUT2D eigenvalue weighted by molar-refractivity contribution is -0.105. The maximum Gasteiger partial charge on any atom is 0.213 e. The number of nitrogens with one attached hydrogen (secondary N) is 1. The van der Waals surface area contributed by atoms with Gasteiger partial charge in [-0.2, -0.15) is 0 Å². The van der Waals surface area contributed by atoms with Crippen LogP contribution in [0.15, 0.2) is 42.9 Å². The number of aromatic nitrogens is 2. The second-order valence-corrected chi connectivity index (χ2v) is 4.76. The molecule has 0 saturated heterocycles. The summed E-state index contributed by atoms with van der Waals surface area (Å²) in [6.07, 6.45) is 6.01. The third-order valence-electron chi connectivity index (χ3n) is 2.61. The van der Waals surface area contributed by atoms with Crippen molar-refractivity contribution in [2.75, 3.05) is 5.32 Å². The fourth-order valence-corrected chi connectivity index (χ4v) is 2.53. The summed E-state index contributed by atoms with van der Waals surface area (Å²) >= 11 is 1.45. The first kappa shape index (κ1) is 10.9. The van der Waals surface area contributed by atoms with E-state index in [9.17, 15) is 4.79 Å². The molecule has 0 bridgehead atoms. The lowest BCUT2D eigenvalue weighted by atomic mass is 10.1. The van der Waals surface area contributed by atoms with Gasteiger partial charge in [-0.3, -0.25) is 9.78 Å². The molecule has 88 valence electrons. The number of carbonyl (C=O) groups is 1. The second kappa shape index (κ2) is 4.54. The van der Waals surface area contributed by atoms with E-state index >= 15 is 0 Å². The van der Waals surface area contributed by atoms with Crippen LogP contribution >= 0.6 is 11.3 Å². The van der Waals surface area contributed by atoms with Crippen molar-refractivity contribution < 1.29 is 4.79 Å². The van der Waals surface area contributed by atoms with Gasteiger partial charge in [-0.05, 0) is 23.1 Å². The largest absolute Gasteiger partial charge is 0.305 e. The van der Waals surface area contributed by atoms with Gasteiger partial charge in [-0.25, -0.2) is 4.98 Å². The predicted molar refractivity (Wildman–Crippen MR) is 72.5 cm³/mol. The molecule has 0 spiro atoms. The average Bonchev–Trinajstić information content (AvgIpc) is 2.87. The SMILES string of the molecule is O=CNc1ncc(-c2ccc3cnccc3c2)s1. The van der Waals surface area contributed by atoms with Crippen LogP contribution in [0, 0.1) is 0 Å². The van der Waals surface area contributed by atoms with Crippen LogP contribution in [0.4, 0.5) is 5.13 Å². The Kier molecular flexibility index (Phi) is 2.74. The lowest BCUT2D eigenvalue weighted by Crippen LogP contribution is -1.90. The molecule has 3 aromatic rings. The Morgan fingerprint density at radius 2 is 2.11 bits per heavy atom. The van der Waals surface area contributed by atoms with E-state index < -0.39 is 0 Å². The van der Waals surface area contributed by atoms with Gasteiger partial charge in [0.2, 0.25) is 6.41 Å². The average molecular weight is 255 g/mol. The first-order chi connectivity index (χ1) is 8.86. The van der Waals surface area contributed by atoms with E-state index in [2.05, 4.69) is 21.4 Å². The highest BCUT2D eigenvalue weighted by atomic mass is 32.1. The monoisotopic (exact) mass is 255 g/mol. The first-order valence-electron chi connectivity index (χ1n) is 5.37. The molecule has 0 unspecified atom stereocenters.